The van der Waals surface area contributed by atoms with Crippen molar-refractivity contribution in [2.75, 3.05) is 0 Å². The van der Waals surface area contributed by atoms with E-state index < -0.39 is 24.4 Å². The minimum atomic E-state index is -0.552. The van der Waals surface area contributed by atoms with E-state index in [0.29, 0.717) is 25.7 Å². The molecule has 2 aromatic carbocycles. The molecule has 2 aliphatic heterocycles. The van der Waals surface area contributed by atoms with Crippen LogP contribution in [0.3, 0.4) is 0 Å². The average Bonchev–Trinajstić information content (AvgIpc) is 3.89. The summed E-state index contributed by atoms with van der Waals surface area (Å²) in [6, 6.07) is 18.5. The third-order valence-corrected chi connectivity index (χ3v) is 12.3. The Morgan fingerprint density at radius 1 is 0.446 bits per heavy atom. The summed E-state index contributed by atoms with van der Waals surface area (Å²) >= 11 is 0. The molecule has 2 saturated heterocycles. The molecule has 4 rings (SSSR count). The standard InChI is InChI=1S/C34H45NO3.C32H41NO3/c1-4-6-7-8-9-10-11-12-13-14-15-16-17-18-19-20-21-23-26-30(5-2)33(36)35-29(3)32(38-34(35)37)31-27-24-22-25-28-31;1-3-4-5-6-7-8-9-10-11-12-13-14-15-16-17-18-19-20-24-27-30(34)33-28(2)31(36-32(33)35)29-25-22-21-23-26-29/h6-7,9-10,12-13,15-16,18-19,21-25,27-30,32H,4-5,8,11,14,17,20,26H2,1-3H3;4-5,7-8,10-11,13-14,16-17,19-23,25-26,28,31H,3,6,9,12,15,18,24,27H2,1-2H3/b7-6-,10-9-,13-12-,16-15-,19-18-,23-21-;5-4-,8-7-,11-10-,14-13-,17-16-,20-19-/t29-,30-,32-;28-,31-/m11/s1. The number of hydrogen-bond acceptors (Lipinski definition) is 6. The number of carbonyl (C=O) groups excluding carboxylic acids is 4. The van der Waals surface area contributed by atoms with E-state index in [1.54, 1.807) is 0 Å². The van der Waals surface area contributed by atoms with Crippen LogP contribution in [0.4, 0.5) is 9.59 Å². The van der Waals surface area contributed by atoms with Crippen molar-refractivity contribution >= 4 is 24.0 Å². The highest BCUT2D eigenvalue weighted by Gasteiger charge is 2.45. The molecule has 2 aliphatic rings. The van der Waals surface area contributed by atoms with Crippen LogP contribution in [0.2, 0.25) is 0 Å². The zero-order valence-corrected chi connectivity index (χ0v) is 45.2. The van der Waals surface area contributed by atoms with Crippen LogP contribution in [0, 0.1) is 5.92 Å². The summed E-state index contributed by atoms with van der Waals surface area (Å²) in [5, 5.41) is 0. The molecular formula is C66H86N2O6. The molecule has 8 heteroatoms. The Hall–Kier alpha value is -6.80. The zero-order chi connectivity index (χ0) is 53.3. The van der Waals surface area contributed by atoms with Crippen LogP contribution in [0.15, 0.2) is 206 Å². The Balaban J connectivity index is 0.000000391. The first-order valence-corrected chi connectivity index (χ1v) is 27.2. The number of benzene rings is 2. The molecule has 0 radical (unpaired) electrons. The Morgan fingerprint density at radius 2 is 0.757 bits per heavy atom. The van der Waals surface area contributed by atoms with E-state index in [4.69, 9.17) is 9.47 Å². The molecule has 0 aliphatic carbocycles. The molecule has 2 aromatic rings. The van der Waals surface area contributed by atoms with Gasteiger partial charge in [0.05, 0.1) is 12.1 Å². The average molecular weight is 1000 g/mol. The van der Waals surface area contributed by atoms with Crippen molar-refractivity contribution in [2.24, 2.45) is 5.92 Å². The highest BCUT2D eigenvalue weighted by atomic mass is 16.6. The summed E-state index contributed by atoms with van der Waals surface area (Å²) < 4.78 is 11.0. The van der Waals surface area contributed by atoms with E-state index in [9.17, 15) is 19.2 Å². The van der Waals surface area contributed by atoms with Crippen LogP contribution in [0.25, 0.3) is 0 Å². The van der Waals surface area contributed by atoms with Crippen molar-refractivity contribution in [2.45, 2.75) is 162 Å². The topological polar surface area (TPSA) is 93.2 Å². The number of amides is 4. The number of hydrogen-bond donors (Lipinski definition) is 0. The molecule has 0 bridgehead atoms. The third-order valence-electron chi connectivity index (χ3n) is 12.3. The first-order chi connectivity index (χ1) is 36.2. The van der Waals surface area contributed by atoms with Gasteiger partial charge in [-0.2, -0.15) is 0 Å². The molecule has 0 spiro atoms. The summed E-state index contributed by atoms with van der Waals surface area (Å²) in [5.41, 5.74) is 1.82. The maximum atomic E-state index is 13.1. The number of imide groups is 2. The van der Waals surface area contributed by atoms with E-state index in [2.05, 4.69) is 148 Å². The van der Waals surface area contributed by atoms with E-state index in [-0.39, 0.29) is 29.8 Å². The summed E-state index contributed by atoms with van der Waals surface area (Å²) in [6.07, 6.45) is 63.8. The predicted molar refractivity (Wildman–Crippen MR) is 308 cm³/mol. The number of rotatable bonds is 31. The van der Waals surface area contributed by atoms with Crippen LogP contribution in [-0.2, 0) is 19.1 Å². The highest BCUT2D eigenvalue weighted by Crippen LogP contribution is 2.35. The van der Waals surface area contributed by atoms with E-state index in [1.807, 2.05) is 93.6 Å². The SMILES string of the molecule is CC/C=C\C/C=C\C/C=C\C/C=C\C/C=C\C/C=C\CCC(=O)N1C(=O)O[C@@H](c2ccccc2)[C@H]1C.CC/C=C\C/C=C\C/C=C\C/C=C\C/C=C\C/C=C\C[C@@H](CC)C(=O)N1C(=O)O[C@@H](c2ccccc2)[C@H]1C. The van der Waals surface area contributed by atoms with Crippen LogP contribution in [0.1, 0.15) is 161 Å². The van der Waals surface area contributed by atoms with Gasteiger partial charge in [-0.05, 0) is 121 Å². The molecule has 0 saturated carbocycles. The molecule has 5 atom stereocenters. The quantitative estimate of drug-likeness (QED) is 0.0699. The van der Waals surface area contributed by atoms with Crippen molar-refractivity contribution < 1.29 is 28.7 Å². The molecule has 396 valence electrons. The Bertz CT molecular complexity index is 2270. The van der Waals surface area contributed by atoms with E-state index >= 15 is 0 Å². The number of allylic oxidation sites excluding steroid dienone is 24. The lowest BCUT2D eigenvalue weighted by atomic mass is 9.98. The molecule has 8 nitrogen and oxygen atoms in total. The Kier molecular flexibility index (Phi) is 33.0. The van der Waals surface area contributed by atoms with Crippen LogP contribution in [0.5, 0.6) is 0 Å². The molecule has 4 amide bonds. The van der Waals surface area contributed by atoms with Crippen molar-refractivity contribution in [1.82, 2.24) is 9.80 Å². The van der Waals surface area contributed by atoms with Gasteiger partial charge >= 0.3 is 12.2 Å². The van der Waals surface area contributed by atoms with Crippen LogP contribution in [-0.4, -0.2) is 45.9 Å². The van der Waals surface area contributed by atoms with Gasteiger partial charge in [-0.3, -0.25) is 9.59 Å². The maximum Gasteiger partial charge on any atom is 0.417 e. The smallest absolute Gasteiger partial charge is 0.417 e. The fraction of sp³-hybridized carbons (Fsp3) is 0.394. The summed E-state index contributed by atoms with van der Waals surface area (Å²) in [7, 11) is 0. The lowest BCUT2D eigenvalue weighted by Gasteiger charge is -2.23. The van der Waals surface area contributed by atoms with Gasteiger partial charge < -0.3 is 9.47 Å². The molecular weight excluding hydrogens is 917 g/mol. The van der Waals surface area contributed by atoms with Gasteiger partial charge in [0.1, 0.15) is 12.2 Å². The zero-order valence-electron chi connectivity index (χ0n) is 45.2. The van der Waals surface area contributed by atoms with Gasteiger partial charge in [0.25, 0.3) is 0 Å². The number of carbonyl (C=O) groups is 4. The van der Waals surface area contributed by atoms with Gasteiger partial charge in [-0.25, -0.2) is 19.4 Å². The first-order valence-electron chi connectivity index (χ1n) is 27.2. The fourth-order valence-electron chi connectivity index (χ4n) is 8.12. The number of ether oxygens (including phenoxy) is 2. The maximum absolute atomic E-state index is 13.1. The first kappa shape index (κ1) is 61.5. The van der Waals surface area contributed by atoms with Crippen molar-refractivity contribution in [3.63, 3.8) is 0 Å². The predicted octanol–water partition coefficient (Wildman–Crippen LogP) is 17.8. The lowest BCUT2D eigenvalue weighted by molar-refractivity contribution is -0.133. The summed E-state index contributed by atoms with van der Waals surface area (Å²) in [5.74, 6) is -0.572. The highest BCUT2D eigenvalue weighted by molar-refractivity contribution is 5.95. The Morgan fingerprint density at radius 3 is 1.11 bits per heavy atom. The molecule has 0 N–H and O–H groups in total. The van der Waals surface area contributed by atoms with Crippen LogP contribution < -0.4 is 0 Å². The minimum Gasteiger partial charge on any atom is -0.439 e. The lowest BCUT2D eigenvalue weighted by Crippen LogP contribution is -2.41. The molecule has 74 heavy (non-hydrogen) atoms. The van der Waals surface area contributed by atoms with E-state index in [0.717, 1.165) is 88.2 Å². The minimum absolute atomic E-state index is 0.150. The van der Waals surface area contributed by atoms with Gasteiger partial charge in [-0.15, -0.1) is 0 Å². The second-order valence-electron chi connectivity index (χ2n) is 18.1. The second kappa shape index (κ2) is 39.7. The van der Waals surface area contributed by atoms with Gasteiger partial charge in [-0.1, -0.05) is 227 Å². The number of nitrogens with zero attached hydrogens (tertiary/aromatic N) is 2. The van der Waals surface area contributed by atoms with Gasteiger partial charge in [0, 0.05) is 12.3 Å². The van der Waals surface area contributed by atoms with Gasteiger partial charge in [0.2, 0.25) is 11.8 Å². The fourth-order valence-corrected chi connectivity index (χ4v) is 8.12. The van der Waals surface area contributed by atoms with Crippen molar-refractivity contribution in [1.29, 1.82) is 0 Å². The normalized spacial score (nSPS) is 19.1. The van der Waals surface area contributed by atoms with Gasteiger partial charge in [0.15, 0.2) is 0 Å². The van der Waals surface area contributed by atoms with Crippen LogP contribution >= 0.6 is 0 Å². The molecule has 2 heterocycles. The third kappa shape index (κ3) is 24.8. The largest absolute Gasteiger partial charge is 0.439 e. The summed E-state index contributed by atoms with van der Waals surface area (Å²) in [6.45, 7) is 10.0. The molecule has 0 aromatic heterocycles. The van der Waals surface area contributed by atoms with Crippen molar-refractivity contribution in [3.05, 3.63) is 218 Å². The second-order valence-corrected chi connectivity index (χ2v) is 18.1. The van der Waals surface area contributed by atoms with Crippen molar-refractivity contribution in [3.8, 4) is 0 Å². The molecule has 2 fully saturated rings. The Labute approximate surface area is 445 Å². The van der Waals surface area contributed by atoms with E-state index in [1.165, 1.54) is 9.80 Å². The monoisotopic (exact) mass is 1000 g/mol. The molecule has 0 unspecified atom stereocenters. The number of cyclic esters (lactones) is 2. The summed E-state index contributed by atoms with van der Waals surface area (Å²) in [4.78, 5) is 53.1.